The van der Waals surface area contributed by atoms with Crippen LogP contribution in [0, 0.1) is 0 Å². The van der Waals surface area contributed by atoms with E-state index >= 15 is 0 Å². The van der Waals surface area contributed by atoms with Crippen LogP contribution >= 0.6 is 0 Å². The fourth-order valence-corrected chi connectivity index (χ4v) is 2.36. The lowest BCUT2D eigenvalue weighted by Crippen LogP contribution is -2.25. The molecule has 0 aromatic carbocycles. The number of allylic oxidation sites excluding steroid dienone is 1. The Morgan fingerprint density at radius 1 is 1.00 bits per heavy atom. The fourth-order valence-electron chi connectivity index (χ4n) is 2.36. The Morgan fingerprint density at radius 2 is 1.50 bits per heavy atom. The lowest BCUT2D eigenvalue weighted by atomic mass is 10.0. The number of hydrogen-bond donors (Lipinski definition) is 1. The van der Waals surface area contributed by atoms with E-state index in [1.807, 2.05) is 0 Å². The summed E-state index contributed by atoms with van der Waals surface area (Å²) in [6.07, 6.45) is 12.0. The third-order valence-corrected chi connectivity index (χ3v) is 3.77. The first-order valence-electron chi connectivity index (χ1n) is 8.51. The van der Waals surface area contributed by atoms with Crippen molar-refractivity contribution in [3.8, 4) is 0 Å². The minimum Gasteiger partial charge on any atom is -0.466 e. The lowest BCUT2D eigenvalue weighted by Gasteiger charge is -2.10. The molecule has 1 unspecified atom stereocenters. The highest BCUT2D eigenvalue weighted by Gasteiger charge is 2.22. The molecule has 0 heterocycles. The van der Waals surface area contributed by atoms with Gasteiger partial charge in [-0.25, -0.2) is 4.79 Å². The van der Waals surface area contributed by atoms with Crippen LogP contribution in [0.15, 0.2) is 11.6 Å². The molecule has 0 amide bonds. The van der Waals surface area contributed by atoms with Crippen LogP contribution in [-0.2, 0) is 14.3 Å². The van der Waals surface area contributed by atoms with Crippen LogP contribution in [0.5, 0.6) is 0 Å². The van der Waals surface area contributed by atoms with Gasteiger partial charge in [-0.2, -0.15) is 0 Å². The van der Waals surface area contributed by atoms with Gasteiger partial charge in [0.25, 0.3) is 0 Å². The molecule has 0 radical (unpaired) electrons. The van der Waals surface area contributed by atoms with Crippen molar-refractivity contribution in [3.05, 3.63) is 11.6 Å². The molecule has 0 fully saturated rings. The zero-order valence-corrected chi connectivity index (χ0v) is 14.4. The predicted molar refractivity (Wildman–Crippen MR) is 88.6 cm³/mol. The second kappa shape index (κ2) is 13.5. The summed E-state index contributed by atoms with van der Waals surface area (Å²) < 4.78 is 4.61. The van der Waals surface area contributed by atoms with E-state index in [9.17, 15) is 14.7 Å². The van der Waals surface area contributed by atoms with Gasteiger partial charge < -0.3 is 9.84 Å². The Balaban J connectivity index is 3.91. The predicted octanol–water partition coefficient (Wildman–Crippen LogP) is 3.96. The second-order valence-corrected chi connectivity index (χ2v) is 5.78. The van der Waals surface area contributed by atoms with Crippen molar-refractivity contribution in [2.45, 2.75) is 84.2 Å². The van der Waals surface area contributed by atoms with Crippen LogP contribution in [0.1, 0.15) is 78.1 Å². The highest BCUT2D eigenvalue weighted by molar-refractivity contribution is 5.98. The third-order valence-electron chi connectivity index (χ3n) is 3.77. The monoisotopic (exact) mass is 312 g/mol. The summed E-state index contributed by atoms with van der Waals surface area (Å²) in [5, 5.41) is 9.71. The van der Waals surface area contributed by atoms with E-state index in [0.29, 0.717) is 6.42 Å². The van der Waals surface area contributed by atoms with Crippen LogP contribution in [0.4, 0.5) is 0 Å². The number of carbonyl (C=O) groups excluding carboxylic acids is 2. The normalized spacial score (nSPS) is 13.0. The molecule has 1 N–H and O–H groups in total. The average Bonchev–Trinajstić information content (AvgIpc) is 2.51. The highest BCUT2D eigenvalue weighted by Crippen LogP contribution is 2.13. The second-order valence-electron chi connectivity index (χ2n) is 5.78. The maximum Gasteiger partial charge on any atom is 0.336 e. The first-order valence-corrected chi connectivity index (χ1v) is 8.51. The SMILES string of the molecule is CCCCCCCCCCC/C=C(\C(=O)OC)C(O)C(C)=O. The van der Waals surface area contributed by atoms with Gasteiger partial charge in [-0.3, -0.25) is 4.79 Å². The van der Waals surface area contributed by atoms with Crippen LogP contribution in [0.25, 0.3) is 0 Å². The van der Waals surface area contributed by atoms with E-state index in [4.69, 9.17) is 0 Å². The molecule has 22 heavy (non-hydrogen) atoms. The third kappa shape index (κ3) is 9.72. The van der Waals surface area contributed by atoms with Crippen LogP contribution in [0.2, 0.25) is 0 Å². The van der Waals surface area contributed by atoms with Gasteiger partial charge in [0.05, 0.1) is 12.7 Å². The summed E-state index contributed by atoms with van der Waals surface area (Å²) in [5.41, 5.74) is 0.0644. The van der Waals surface area contributed by atoms with Crippen molar-refractivity contribution < 1.29 is 19.4 Å². The number of Topliss-reactive ketones (excluding diaryl/α,β-unsaturated/α-hetero) is 1. The molecule has 0 spiro atoms. The summed E-state index contributed by atoms with van der Waals surface area (Å²) in [5.74, 6) is -1.07. The number of ether oxygens (including phenoxy) is 1. The number of rotatable bonds is 13. The standard InChI is InChI=1S/C18H32O4/c1-4-5-6-7-8-9-10-11-12-13-14-16(18(21)22-3)17(20)15(2)19/h14,17,20H,4-13H2,1-3H3/b16-14-. The molecule has 128 valence electrons. The van der Waals surface area contributed by atoms with E-state index in [0.717, 1.165) is 12.8 Å². The van der Waals surface area contributed by atoms with E-state index in [1.54, 1.807) is 6.08 Å². The summed E-state index contributed by atoms with van der Waals surface area (Å²) in [4.78, 5) is 22.7. The molecule has 0 saturated heterocycles. The Bertz CT molecular complexity index is 347. The average molecular weight is 312 g/mol. The minimum absolute atomic E-state index is 0.0644. The molecule has 0 rings (SSSR count). The Kier molecular flexibility index (Phi) is 12.8. The lowest BCUT2D eigenvalue weighted by molar-refractivity contribution is -0.139. The smallest absolute Gasteiger partial charge is 0.336 e. The summed E-state index contributed by atoms with van der Waals surface area (Å²) >= 11 is 0. The van der Waals surface area contributed by atoms with Crippen LogP contribution in [0.3, 0.4) is 0 Å². The van der Waals surface area contributed by atoms with E-state index in [-0.39, 0.29) is 5.57 Å². The van der Waals surface area contributed by atoms with E-state index in [1.165, 1.54) is 59.0 Å². The number of ketones is 1. The fraction of sp³-hybridized carbons (Fsp3) is 0.778. The molecule has 4 heteroatoms. The molecule has 0 bridgehead atoms. The van der Waals surface area contributed by atoms with Crippen molar-refractivity contribution in [3.63, 3.8) is 0 Å². The van der Waals surface area contributed by atoms with Crippen molar-refractivity contribution in [2.24, 2.45) is 0 Å². The summed E-state index contributed by atoms with van der Waals surface area (Å²) in [7, 11) is 1.25. The summed E-state index contributed by atoms with van der Waals surface area (Å²) in [6, 6.07) is 0. The maximum absolute atomic E-state index is 11.5. The van der Waals surface area contributed by atoms with Crippen molar-refractivity contribution >= 4 is 11.8 Å². The molecule has 0 saturated carbocycles. The number of methoxy groups -OCH3 is 1. The van der Waals surface area contributed by atoms with Gasteiger partial charge in [-0.05, 0) is 19.8 Å². The van der Waals surface area contributed by atoms with Gasteiger partial charge in [0.2, 0.25) is 0 Å². The molecular weight excluding hydrogens is 280 g/mol. The number of esters is 1. The zero-order valence-electron chi connectivity index (χ0n) is 14.4. The van der Waals surface area contributed by atoms with Crippen LogP contribution in [-0.4, -0.2) is 30.1 Å². The van der Waals surface area contributed by atoms with Crippen molar-refractivity contribution in [1.29, 1.82) is 0 Å². The number of aliphatic hydroxyl groups is 1. The summed E-state index contributed by atoms with van der Waals surface area (Å²) in [6.45, 7) is 3.49. The Morgan fingerprint density at radius 3 is 1.95 bits per heavy atom. The molecule has 0 aliphatic carbocycles. The van der Waals surface area contributed by atoms with Gasteiger partial charge in [0.1, 0.15) is 6.10 Å². The molecule has 0 aliphatic heterocycles. The van der Waals surface area contributed by atoms with E-state index in [2.05, 4.69) is 11.7 Å². The van der Waals surface area contributed by atoms with Gasteiger partial charge >= 0.3 is 5.97 Å². The Labute approximate surface area is 134 Å². The quantitative estimate of drug-likeness (QED) is 0.318. The first-order chi connectivity index (χ1) is 10.5. The molecule has 1 atom stereocenters. The number of aliphatic hydroxyl groups excluding tert-OH is 1. The molecule has 0 aromatic heterocycles. The number of unbranched alkanes of at least 4 members (excludes halogenated alkanes) is 9. The topological polar surface area (TPSA) is 63.6 Å². The zero-order chi connectivity index (χ0) is 16.8. The largest absolute Gasteiger partial charge is 0.466 e. The number of carbonyl (C=O) groups is 2. The number of hydrogen-bond acceptors (Lipinski definition) is 4. The van der Waals surface area contributed by atoms with E-state index < -0.39 is 17.9 Å². The van der Waals surface area contributed by atoms with Crippen molar-refractivity contribution in [1.82, 2.24) is 0 Å². The molecule has 0 aliphatic rings. The van der Waals surface area contributed by atoms with Gasteiger partial charge in [-0.15, -0.1) is 0 Å². The minimum atomic E-state index is -1.37. The van der Waals surface area contributed by atoms with Gasteiger partial charge in [-0.1, -0.05) is 64.4 Å². The maximum atomic E-state index is 11.5. The molecule has 0 aromatic rings. The first kappa shape index (κ1) is 20.8. The molecular formula is C18H32O4. The molecule has 4 nitrogen and oxygen atoms in total. The highest BCUT2D eigenvalue weighted by atomic mass is 16.5. The van der Waals surface area contributed by atoms with Gasteiger partial charge in [0.15, 0.2) is 5.78 Å². The van der Waals surface area contributed by atoms with Crippen LogP contribution < -0.4 is 0 Å². The van der Waals surface area contributed by atoms with Crippen molar-refractivity contribution in [2.75, 3.05) is 7.11 Å². The Hall–Kier alpha value is -1.16. The van der Waals surface area contributed by atoms with Gasteiger partial charge in [0, 0.05) is 0 Å².